The molecule has 0 radical (unpaired) electrons. The van der Waals surface area contributed by atoms with Crippen LogP contribution in [0.5, 0.6) is 5.75 Å². The number of methoxy groups -OCH3 is 1. The number of aryl methyl sites for hydroxylation is 1. The van der Waals surface area contributed by atoms with Crippen molar-refractivity contribution in [3.63, 3.8) is 0 Å². The molecule has 6 unspecified atom stereocenters. The molecule has 2 heterocycles. The molecule has 4 aliphatic carbocycles. The number of nitrogens with zero attached hydrogens (tertiary/aromatic N) is 2. The first-order valence-corrected chi connectivity index (χ1v) is 16.7. The monoisotopic (exact) mass is 690 g/mol. The molecule has 2 saturated carbocycles. The average molecular weight is 692 g/mol. The fourth-order valence-corrected chi connectivity index (χ4v) is 8.53. The van der Waals surface area contributed by atoms with E-state index in [2.05, 4.69) is 28.1 Å². The average Bonchev–Trinajstić information content (AvgIpc) is 3.88. The lowest BCUT2D eigenvalue weighted by Gasteiger charge is -2.37. The number of aromatic nitrogens is 1. The van der Waals surface area contributed by atoms with Gasteiger partial charge in [-0.3, -0.25) is 19.3 Å². The van der Waals surface area contributed by atoms with Gasteiger partial charge in [0.25, 0.3) is 0 Å². The Morgan fingerprint density at radius 2 is 1.64 bits per heavy atom. The van der Waals surface area contributed by atoms with Gasteiger partial charge < -0.3 is 9.47 Å². The number of Topliss-reactive ketones (excluding diaryl/α,β-unsaturated/α-hetero) is 1. The van der Waals surface area contributed by atoms with Gasteiger partial charge in [0.1, 0.15) is 5.75 Å². The second-order valence-electron chi connectivity index (χ2n) is 12.8. The largest absolute Gasteiger partial charge is 0.497 e. The minimum Gasteiger partial charge on any atom is -0.497 e. The number of hydrogen-bond donors (Lipinski definition) is 0. The summed E-state index contributed by atoms with van der Waals surface area (Å²) in [6.45, 7) is 1.58. The maximum absolute atomic E-state index is 13.6. The topological polar surface area (TPSA) is 103 Å². The molecule has 3 aromatic carbocycles. The van der Waals surface area contributed by atoms with Crippen molar-refractivity contribution in [3.05, 3.63) is 100 Å². The molecule has 8 nitrogen and oxygen atoms in total. The van der Waals surface area contributed by atoms with Gasteiger partial charge in [-0.1, -0.05) is 59.3 Å². The first-order chi connectivity index (χ1) is 22.8. The van der Waals surface area contributed by atoms with Crippen LogP contribution in [0.25, 0.3) is 22.2 Å². The van der Waals surface area contributed by atoms with Crippen molar-refractivity contribution in [2.24, 2.45) is 35.5 Å². The number of halogens is 1. The van der Waals surface area contributed by atoms with Gasteiger partial charge in [0.2, 0.25) is 11.8 Å². The van der Waals surface area contributed by atoms with Gasteiger partial charge in [0.15, 0.2) is 12.4 Å². The standard InChI is InChI=1S/C38H31BrN2O6/c1-3-19-13-22(39)15-29-30(38(45)47-18-32(42)21-5-4-6-24(14-21)46-2)17-31(40-35(19)29)20-7-9-23(10-8-20)41-36(43)33-25-11-12-26(28-16-27(25)28)34(33)37(41)44/h4-15,17,25-28,33-34H,3,16,18H2,1-2H3. The summed E-state index contributed by atoms with van der Waals surface area (Å²) in [5, 5.41) is 0.604. The lowest BCUT2D eigenvalue weighted by atomic mass is 9.63. The zero-order chi connectivity index (χ0) is 32.6. The van der Waals surface area contributed by atoms with Crippen LogP contribution < -0.4 is 9.64 Å². The van der Waals surface area contributed by atoms with Crippen molar-refractivity contribution < 1.29 is 28.7 Å². The van der Waals surface area contributed by atoms with E-state index >= 15 is 0 Å². The number of imide groups is 1. The van der Waals surface area contributed by atoms with Crippen molar-refractivity contribution in [2.75, 3.05) is 18.6 Å². The molecular weight excluding hydrogens is 660 g/mol. The Bertz CT molecular complexity index is 2000. The van der Waals surface area contributed by atoms with E-state index in [4.69, 9.17) is 14.5 Å². The van der Waals surface area contributed by atoms with Crippen molar-refractivity contribution in [1.29, 1.82) is 0 Å². The van der Waals surface area contributed by atoms with E-state index in [9.17, 15) is 19.2 Å². The fourth-order valence-electron chi connectivity index (χ4n) is 8.03. The van der Waals surface area contributed by atoms with E-state index in [1.54, 1.807) is 42.5 Å². The molecule has 236 valence electrons. The Labute approximate surface area is 279 Å². The van der Waals surface area contributed by atoms with Crippen LogP contribution in [-0.2, 0) is 20.7 Å². The number of fused-ring (bicyclic) bond motifs is 1. The summed E-state index contributed by atoms with van der Waals surface area (Å²) in [5.41, 5.74) is 4.03. The minimum atomic E-state index is -0.649. The molecule has 0 spiro atoms. The van der Waals surface area contributed by atoms with Crippen molar-refractivity contribution >= 4 is 56.1 Å². The van der Waals surface area contributed by atoms with Gasteiger partial charge in [-0.15, -0.1) is 0 Å². The molecule has 3 fully saturated rings. The number of amides is 2. The molecule has 1 aliphatic heterocycles. The van der Waals surface area contributed by atoms with E-state index in [0.717, 1.165) is 16.5 Å². The van der Waals surface area contributed by atoms with Crippen molar-refractivity contribution in [1.82, 2.24) is 4.98 Å². The van der Waals surface area contributed by atoms with Crippen LogP contribution in [0.15, 0.2) is 83.4 Å². The number of carbonyl (C=O) groups is 4. The molecule has 2 bridgehead atoms. The zero-order valence-corrected chi connectivity index (χ0v) is 27.4. The normalized spacial score (nSPS) is 25.1. The number of ketones is 1. The lowest BCUT2D eigenvalue weighted by molar-refractivity contribution is -0.124. The predicted octanol–water partition coefficient (Wildman–Crippen LogP) is 6.83. The highest BCUT2D eigenvalue weighted by Gasteiger charge is 2.67. The third kappa shape index (κ3) is 4.82. The smallest absolute Gasteiger partial charge is 0.339 e. The fraction of sp³-hybridized carbons (Fsp3) is 0.289. The van der Waals surface area contributed by atoms with Gasteiger partial charge in [-0.05, 0) is 84.5 Å². The van der Waals surface area contributed by atoms with Crippen LogP contribution in [0.4, 0.5) is 5.69 Å². The molecule has 5 aliphatic rings. The van der Waals surface area contributed by atoms with E-state index in [0.29, 0.717) is 57.4 Å². The van der Waals surface area contributed by atoms with E-state index in [1.165, 1.54) is 12.0 Å². The molecule has 0 N–H and O–H groups in total. The Morgan fingerprint density at radius 1 is 0.936 bits per heavy atom. The highest BCUT2D eigenvalue weighted by atomic mass is 79.9. The number of pyridine rings is 1. The first-order valence-electron chi connectivity index (χ1n) is 15.9. The number of rotatable bonds is 8. The van der Waals surface area contributed by atoms with Gasteiger partial charge >= 0.3 is 5.97 Å². The lowest BCUT2D eigenvalue weighted by Crippen LogP contribution is -2.40. The number of ether oxygens (including phenoxy) is 2. The number of benzene rings is 3. The Kier molecular flexibility index (Phi) is 7.13. The van der Waals surface area contributed by atoms with Gasteiger partial charge in [-0.25, -0.2) is 9.78 Å². The van der Waals surface area contributed by atoms with E-state index in [-0.39, 0.29) is 46.8 Å². The Morgan fingerprint density at radius 3 is 2.30 bits per heavy atom. The quantitative estimate of drug-likeness (QED) is 0.0864. The molecule has 9 heteroatoms. The SMILES string of the molecule is CCc1cc(Br)cc2c(C(=O)OCC(=O)c3cccc(OC)c3)cc(-c3ccc(N4C(=O)C5C6C=CC(C7CC67)C5C4=O)cc3)nc12. The van der Waals surface area contributed by atoms with E-state index in [1.807, 2.05) is 31.2 Å². The molecule has 1 saturated heterocycles. The highest BCUT2D eigenvalue weighted by Crippen LogP contribution is 2.65. The van der Waals surface area contributed by atoms with Crippen LogP contribution in [0, 0.1) is 35.5 Å². The van der Waals surface area contributed by atoms with Crippen molar-refractivity contribution in [2.45, 2.75) is 19.8 Å². The number of allylic oxidation sites excluding steroid dienone is 2. The van der Waals surface area contributed by atoms with Crippen LogP contribution in [-0.4, -0.2) is 42.3 Å². The summed E-state index contributed by atoms with van der Waals surface area (Å²) in [5.74, 6) is 0.199. The first kappa shape index (κ1) is 29.8. The maximum Gasteiger partial charge on any atom is 0.339 e. The summed E-state index contributed by atoms with van der Waals surface area (Å²) >= 11 is 3.56. The third-order valence-corrected chi connectivity index (χ3v) is 10.8. The van der Waals surface area contributed by atoms with Gasteiger partial charge in [0.05, 0.1) is 41.4 Å². The minimum absolute atomic E-state index is 0.104. The number of anilines is 1. The molecule has 2 amide bonds. The summed E-state index contributed by atoms with van der Waals surface area (Å²) in [6, 6.07) is 19.3. The summed E-state index contributed by atoms with van der Waals surface area (Å²) in [6.07, 6.45) is 6.13. The second kappa shape index (κ2) is 11.3. The van der Waals surface area contributed by atoms with Crippen molar-refractivity contribution in [3.8, 4) is 17.0 Å². The zero-order valence-electron chi connectivity index (χ0n) is 25.8. The molecule has 47 heavy (non-hydrogen) atoms. The number of esters is 1. The van der Waals surface area contributed by atoms with Crippen LogP contribution in [0.3, 0.4) is 0 Å². The van der Waals surface area contributed by atoms with Gasteiger partial charge in [-0.2, -0.15) is 0 Å². The van der Waals surface area contributed by atoms with E-state index < -0.39 is 12.6 Å². The number of hydrogen-bond acceptors (Lipinski definition) is 7. The second-order valence-corrected chi connectivity index (χ2v) is 13.7. The third-order valence-electron chi connectivity index (χ3n) is 10.4. The Balaban J connectivity index is 1.10. The molecular formula is C38H31BrN2O6. The maximum atomic E-state index is 13.6. The molecule has 4 aromatic rings. The molecule has 6 atom stereocenters. The predicted molar refractivity (Wildman–Crippen MR) is 179 cm³/mol. The molecule has 9 rings (SSSR count). The summed E-state index contributed by atoms with van der Waals surface area (Å²) in [4.78, 5) is 60.1. The van der Waals surface area contributed by atoms with Crippen LogP contribution in [0.1, 0.15) is 39.6 Å². The molecule has 1 aromatic heterocycles. The number of carbonyl (C=O) groups excluding carboxylic acids is 4. The van der Waals surface area contributed by atoms with Gasteiger partial charge in [0, 0.05) is 21.0 Å². The summed E-state index contributed by atoms with van der Waals surface area (Å²) < 4.78 is 11.6. The highest BCUT2D eigenvalue weighted by molar-refractivity contribution is 9.10. The van der Waals surface area contributed by atoms with Crippen LogP contribution >= 0.6 is 15.9 Å². The summed E-state index contributed by atoms with van der Waals surface area (Å²) in [7, 11) is 1.52. The Hall–Kier alpha value is -4.63. The van der Waals surface area contributed by atoms with Crippen LogP contribution in [0.2, 0.25) is 0 Å².